The summed E-state index contributed by atoms with van der Waals surface area (Å²) in [6.45, 7) is 9.73. The summed E-state index contributed by atoms with van der Waals surface area (Å²) < 4.78 is 15.3. The third-order valence-electron chi connectivity index (χ3n) is 6.48. The molecule has 2 aromatic heterocycles. The summed E-state index contributed by atoms with van der Waals surface area (Å²) in [7, 11) is 0. The summed E-state index contributed by atoms with van der Waals surface area (Å²) in [5, 5.41) is 6.75. The van der Waals surface area contributed by atoms with Crippen LogP contribution in [0.4, 0.5) is 0 Å². The van der Waals surface area contributed by atoms with Crippen molar-refractivity contribution in [1.82, 2.24) is 10.6 Å². The van der Waals surface area contributed by atoms with Crippen LogP contribution < -0.4 is 19.8 Å². The Hall–Kier alpha value is -2.52. The number of carbonyl (C=O) groups excluding carboxylic acids is 2. The minimum Gasteiger partial charge on any atom is -0.367 e. The zero-order valence-corrected chi connectivity index (χ0v) is 20.4. The van der Waals surface area contributed by atoms with Crippen LogP contribution in [0.3, 0.4) is 0 Å². The molecule has 34 heavy (non-hydrogen) atoms. The van der Waals surface area contributed by atoms with Crippen LogP contribution in [0.15, 0.2) is 49.1 Å². The van der Waals surface area contributed by atoms with E-state index in [2.05, 4.69) is 24.5 Å². The van der Waals surface area contributed by atoms with E-state index in [1.807, 2.05) is 72.0 Å². The summed E-state index contributed by atoms with van der Waals surface area (Å²) >= 11 is 0. The number of ketones is 2. The van der Waals surface area contributed by atoms with Gasteiger partial charge in [0, 0.05) is 48.4 Å². The Morgan fingerprint density at radius 1 is 0.735 bits per heavy atom. The molecule has 2 saturated heterocycles. The molecule has 6 atom stereocenters. The molecule has 4 rings (SSSR count). The van der Waals surface area contributed by atoms with Crippen LogP contribution in [0.1, 0.15) is 27.7 Å². The van der Waals surface area contributed by atoms with E-state index in [0.717, 1.165) is 11.1 Å². The highest BCUT2D eigenvalue weighted by molar-refractivity contribution is 5.83. The van der Waals surface area contributed by atoms with E-state index in [1.165, 1.54) is 0 Å². The predicted molar refractivity (Wildman–Crippen MR) is 126 cm³/mol. The van der Waals surface area contributed by atoms with Gasteiger partial charge in [-0.15, -0.1) is 0 Å². The fourth-order valence-corrected chi connectivity index (χ4v) is 4.75. The van der Waals surface area contributed by atoms with Crippen molar-refractivity contribution in [3.63, 3.8) is 0 Å². The van der Waals surface area contributed by atoms with Crippen LogP contribution in [0.2, 0.25) is 0 Å². The van der Waals surface area contributed by atoms with Gasteiger partial charge in [-0.2, -0.15) is 9.13 Å². The maximum absolute atomic E-state index is 12.7. The molecule has 8 heteroatoms. The van der Waals surface area contributed by atoms with Crippen molar-refractivity contribution < 1.29 is 28.2 Å². The van der Waals surface area contributed by atoms with Gasteiger partial charge in [0.05, 0.1) is 13.2 Å². The van der Waals surface area contributed by atoms with Crippen LogP contribution in [0.25, 0.3) is 11.1 Å². The lowest BCUT2D eigenvalue weighted by Gasteiger charge is -2.32. The molecule has 4 heterocycles. The highest BCUT2D eigenvalue weighted by Crippen LogP contribution is 2.16. The van der Waals surface area contributed by atoms with Crippen LogP contribution in [0.5, 0.6) is 0 Å². The zero-order valence-electron chi connectivity index (χ0n) is 20.4. The normalized spacial score (nSPS) is 29.5. The fourth-order valence-electron chi connectivity index (χ4n) is 4.75. The highest BCUT2D eigenvalue weighted by atomic mass is 16.5. The van der Waals surface area contributed by atoms with E-state index in [-0.39, 0.29) is 48.8 Å². The average molecular weight is 469 g/mol. The molecule has 0 saturated carbocycles. The third kappa shape index (κ3) is 5.93. The Morgan fingerprint density at radius 2 is 1.09 bits per heavy atom. The Labute approximate surface area is 201 Å². The molecule has 2 aromatic rings. The number of morpholine rings is 2. The molecule has 0 amide bonds. The maximum atomic E-state index is 12.7. The minimum atomic E-state index is -0.420. The van der Waals surface area contributed by atoms with Gasteiger partial charge in [-0.3, -0.25) is 9.59 Å². The largest absolute Gasteiger partial charge is 0.367 e. The first-order valence-corrected chi connectivity index (χ1v) is 12.1. The Bertz CT molecular complexity index is 913. The van der Waals surface area contributed by atoms with E-state index in [9.17, 15) is 9.59 Å². The second-order valence-corrected chi connectivity index (χ2v) is 9.67. The topological polar surface area (TPSA) is 84.4 Å². The first-order chi connectivity index (χ1) is 16.3. The Morgan fingerprint density at radius 3 is 1.41 bits per heavy atom. The van der Waals surface area contributed by atoms with Crippen LogP contribution in [-0.2, 0) is 32.2 Å². The standard InChI is InChI=1S/C26H36N4O4/c1-17-15-33-25(19(3)27-17)23(31)13-29-9-5-21(6-10-29)22-7-11-30(12-8-22)14-24(32)26-20(4)28-18(2)16-34-26/h5-12,17-20,25-28H,13-16H2,1-4H3/q+2. The van der Waals surface area contributed by atoms with Crippen molar-refractivity contribution >= 4 is 11.6 Å². The number of nitrogens with one attached hydrogen (secondary N) is 2. The van der Waals surface area contributed by atoms with Crippen LogP contribution in [0, 0.1) is 0 Å². The molecule has 0 bridgehead atoms. The molecule has 182 valence electrons. The lowest BCUT2D eigenvalue weighted by atomic mass is 10.0. The maximum Gasteiger partial charge on any atom is 0.227 e. The molecule has 2 aliphatic heterocycles. The molecule has 0 spiro atoms. The summed E-state index contributed by atoms with van der Waals surface area (Å²) in [5.41, 5.74) is 2.09. The second kappa shape index (κ2) is 10.8. The van der Waals surface area contributed by atoms with Crippen LogP contribution in [-0.4, -0.2) is 61.2 Å². The first-order valence-electron chi connectivity index (χ1n) is 12.1. The summed E-state index contributed by atoms with van der Waals surface area (Å²) in [5.74, 6) is 0.131. The molecule has 2 fully saturated rings. The van der Waals surface area contributed by atoms with Crippen molar-refractivity contribution in [3.05, 3.63) is 49.1 Å². The molecule has 0 aliphatic carbocycles. The van der Waals surface area contributed by atoms with Crippen molar-refractivity contribution in [2.24, 2.45) is 0 Å². The summed E-state index contributed by atoms with van der Waals surface area (Å²) in [6, 6.07) is 8.51. The number of hydrogen-bond acceptors (Lipinski definition) is 6. The second-order valence-electron chi connectivity index (χ2n) is 9.67. The number of ether oxygens (including phenoxy) is 2. The van der Waals surface area contributed by atoms with Gasteiger partial charge in [0.1, 0.15) is 12.2 Å². The molecule has 0 radical (unpaired) electrons. The molecular weight excluding hydrogens is 432 g/mol. The van der Waals surface area contributed by atoms with Gasteiger partial charge < -0.3 is 20.1 Å². The Kier molecular flexibility index (Phi) is 7.83. The monoisotopic (exact) mass is 468 g/mol. The number of carbonyl (C=O) groups is 2. The SMILES string of the molecule is CC1COC(C(=O)C[n+]2ccc(-c3cc[n+](CC(=O)C4OCC(C)NC4C)cc3)cc2)C(C)N1. The minimum absolute atomic E-state index is 0.00623. The molecule has 2 aliphatic rings. The smallest absolute Gasteiger partial charge is 0.227 e. The average Bonchev–Trinajstić information content (AvgIpc) is 2.80. The zero-order chi connectivity index (χ0) is 24.2. The van der Waals surface area contributed by atoms with Crippen molar-refractivity contribution in [2.45, 2.75) is 77.2 Å². The molecule has 8 nitrogen and oxygen atoms in total. The van der Waals surface area contributed by atoms with Gasteiger partial charge in [-0.05, 0) is 38.8 Å². The predicted octanol–water partition coefficient (Wildman–Crippen LogP) is 0.598. The number of rotatable bonds is 7. The molecular formula is C26H36N4O4+2. The number of aromatic nitrogens is 2. The highest BCUT2D eigenvalue weighted by Gasteiger charge is 2.34. The van der Waals surface area contributed by atoms with Gasteiger partial charge in [0.2, 0.25) is 24.7 Å². The van der Waals surface area contributed by atoms with Crippen molar-refractivity contribution in [1.29, 1.82) is 0 Å². The van der Waals surface area contributed by atoms with Gasteiger partial charge in [0.25, 0.3) is 0 Å². The number of pyridine rings is 2. The molecule has 6 unspecified atom stereocenters. The molecule has 0 aromatic carbocycles. The van der Waals surface area contributed by atoms with Gasteiger partial charge in [0.15, 0.2) is 24.8 Å². The number of nitrogens with zero attached hydrogens (tertiary/aromatic N) is 2. The van der Waals surface area contributed by atoms with Crippen molar-refractivity contribution in [3.8, 4) is 11.1 Å². The fraction of sp³-hybridized carbons (Fsp3) is 0.538. The van der Waals surface area contributed by atoms with Crippen LogP contribution >= 0.6 is 0 Å². The van der Waals surface area contributed by atoms with E-state index < -0.39 is 12.2 Å². The number of hydrogen-bond donors (Lipinski definition) is 2. The number of Topliss-reactive ketones (excluding diaryl/α,β-unsaturated/α-hetero) is 2. The lowest BCUT2D eigenvalue weighted by molar-refractivity contribution is -0.684. The summed E-state index contributed by atoms with van der Waals surface area (Å²) in [4.78, 5) is 25.4. The van der Waals surface area contributed by atoms with Gasteiger partial charge in [-0.25, -0.2) is 0 Å². The van der Waals surface area contributed by atoms with E-state index in [1.54, 1.807) is 0 Å². The first kappa shape index (κ1) is 24.6. The third-order valence-corrected chi connectivity index (χ3v) is 6.48. The van der Waals surface area contributed by atoms with Gasteiger partial charge in [-0.1, -0.05) is 0 Å². The van der Waals surface area contributed by atoms with E-state index in [4.69, 9.17) is 9.47 Å². The van der Waals surface area contributed by atoms with Crippen molar-refractivity contribution in [2.75, 3.05) is 13.2 Å². The Balaban J connectivity index is 1.33. The van der Waals surface area contributed by atoms with E-state index >= 15 is 0 Å². The quantitative estimate of drug-likeness (QED) is 0.579. The molecule has 2 N–H and O–H groups in total. The van der Waals surface area contributed by atoms with E-state index in [0.29, 0.717) is 13.2 Å². The summed E-state index contributed by atoms with van der Waals surface area (Å²) in [6.07, 6.45) is 6.82. The lowest BCUT2D eigenvalue weighted by Crippen LogP contribution is -2.56. The van der Waals surface area contributed by atoms with Gasteiger partial charge >= 0.3 is 0 Å².